The second kappa shape index (κ2) is 15.6. The summed E-state index contributed by atoms with van der Waals surface area (Å²) in [6.45, 7) is 3.91. The number of hydrogen-bond donors (Lipinski definition) is 8. The number of carbonyl (C=O) groups excluding carboxylic acids is 3. The summed E-state index contributed by atoms with van der Waals surface area (Å²) in [5, 5.41) is 65.4. The van der Waals surface area contributed by atoms with Crippen LogP contribution in [0.4, 0.5) is 0 Å². The Morgan fingerprint density at radius 1 is 0.667 bits per heavy atom. The van der Waals surface area contributed by atoms with Gasteiger partial charge in [-0.1, -0.05) is 18.2 Å². The van der Waals surface area contributed by atoms with Gasteiger partial charge in [0.15, 0.2) is 46.6 Å². The number of nitrogens with zero attached hydrogens (tertiary/aromatic N) is 3. The number of hydrogen-bond acceptors (Lipinski definition) is 13. The number of benzene rings is 3. The molecule has 16 heteroatoms. The standard InChI is InChI=1S/C35H39N5O11/c1-18-26(38-33(50-18)21-9-4-12-24(42)29(21)45)32(48)37-15-7-17-40(16-6-14-36-31(47)20-8-3-11-23(41)28(20)44)35(49)27-19(2)51-34(39-27)22-10-5-13-25(43)30(22)46/h3-5,8-13,18-19,26-27,41-46H,6-7,14-17H2,1-2H3,(H,36,47)(H,37,48). The van der Waals surface area contributed by atoms with Crippen molar-refractivity contribution in [1.82, 2.24) is 15.5 Å². The molecule has 8 N–H and O–H groups in total. The fourth-order valence-electron chi connectivity index (χ4n) is 5.59. The smallest absolute Gasteiger partial charge is 0.255 e. The molecule has 3 amide bonds. The zero-order chi connectivity index (χ0) is 36.8. The molecule has 0 radical (unpaired) electrons. The summed E-state index contributed by atoms with van der Waals surface area (Å²) >= 11 is 0. The topological polar surface area (TPSA) is 243 Å². The fourth-order valence-corrected chi connectivity index (χ4v) is 5.59. The molecule has 4 atom stereocenters. The molecule has 2 heterocycles. The van der Waals surface area contributed by atoms with Crippen molar-refractivity contribution in [1.29, 1.82) is 0 Å². The number of aromatic hydroxyl groups is 6. The third kappa shape index (κ3) is 8.01. The lowest BCUT2D eigenvalue weighted by Gasteiger charge is -2.26. The van der Waals surface area contributed by atoms with E-state index in [1.54, 1.807) is 13.8 Å². The van der Waals surface area contributed by atoms with E-state index in [0.29, 0.717) is 12.8 Å². The van der Waals surface area contributed by atoms with Crippen molar-refractivity contribution in [2.24, 2.45) is 9.98 Å². The number of carbonyl (C=O) groups is 3. The summed E-state index contributed by atoms with van der Waals surface area (Å²) in [5.41, 5.74) is 0.167. The van der Waals surface area contributed by atoms with E-state index in [1.165, 1.54) is 59.5 Å². The first-order valence-corrected chi connectivity index (χ1v) is 16.2. The van der Waals surface area contributed by atoms with Crippen LogP contribution in [0.2, 0.25) is 0 Å². The van der Waals surface area contributed by atoms with Crippen LogP contribution < -0.4 is 10.6 Å². The number of nitrogens with one attached hydrogen (secondary N) is 2. The zero-order valence-electron chi connectivity index (χ0n) is 27.8. The minimum absolute atomic E-state index is 0.00786. The first-order valence-electron chi connectivity index (χ1n) is 16.2. The largest absolute Gasteiger partial charge is 0.504 e. The van der Waals surface area contributed by atoms with Crippen molar-refractivity contribution in [3.8, 4) is 34.5 Å². The van der Waals surface area contributed by atoms with Crippen LogP contribution in [0, 0.1) is 0 Å². The zero-order valence-corrected chi connectivity index (χ0v) is 27.8. The van der Waals surface area contributed by atoms with Gasteiger partial charge in [0.1, 0.15) is 12.2 Å². The Morgan fingerprint density at radius 2 is 1.14 bits per heavy atom. The van der Waals surface area contributed by atoms with Crippen molar-refractivity contribution < 1.29 is 54.5 Å². The molecule has 0 spiro atoms. The van der Waals surface area contributed by atoms with E-state index in [-0.39, 0.29) is 66.2 Å². The monoisotopic (exact) mass is 705 g/mol. The molecule has 0 aromatic heterocycles. The highest BCUT2D eigenvalue weighted by Gasteiger charge is 2.38. The molecule has 5 rings (SSSR count). The van der Waals surface area contributed by atoms with E-state index in [9.17, 15) is 45.0 Å². The lowest BCUT2D eigenvalue weighted by molar-refractivity contribution is -0.134. The molecule has 0 saturated heterocycles. The second-order valence-corrected chi connectivity index (χ2v) is 12.0. The summed E-state index contributed by atoms with van der Waals surface area (Å²) in [4.78, 5) is 49.7. The van der Waals surface area contributed by atoms with Gasteiger partial charge in [-0.15, -0.1) is 0 Å². The molecule has 16 nitrogen and oxygen atoms in total. The number of ether oxygens (including phenoxy) is 2. The maximum atomic E-state index is 13.8. The Balaban J connectivity index is 1.22. The third-order valence-corrected chi connectivity index (χ3v) is 8.37. The van der Waals surface area contributed by atoms with Crippen LogP contribution in [0.1, 0.15) is 48.2 Å². The van der Waals surface area contributed by atoms with Crippen LogP contribution in [0.5, 0.6) is 34.5 Å². The molecule has 2 aliphatic heterocycles. The Hall–Kier alpha value is -6.19. The SMILES string of the molecule is CC1OC(c2cccc(O)c2O)=NC1C(=O)NCCCN(CCCNC(=O)c1cccc(O)c1O)C(=O)C1N=C(c2cccc(O)c2O)OC1C. The van der Waals surface area contributed by atoms with E-state index >= 15 is 0 Å². The van der Waals surface area contributed by atoms with Gasteiger partial charge in [-0.05, 0) is 63.1 Å². The van der Waals surface area contributed by atoms with E-state index < -0.39 is 65.0 Å². The minimum atomic E-state index is -0.992. The Morgan fingerprint density at radius 3 is 1.71 bits per heavy atom. The predicted octanol–water partition coefficient (Wildman–Crippen LogP) is 1.84. The van der Waals surface area contributed by atoms with Gasteiger partial charge in [0.25, 0.3) is 11.8 Å². The number of rotatable bonds is 13. The quantitative estimate of drug-likeness (QED) is 0.0942. The molecular weight excluding hydrogens is 666 g/mol. The fraction of sp³-hybridized carbons (Fsp3) is 0.343. The average Bonchev–Trinajstić information content (AvgIpc) is 3.69. The van der Waals surface area contributed by atoms with Gasteiger partial charge in [0.2, 0.25) is 17.7 Å². The van der Waals surface area contributed by atoms with Crippen LogP contribution in [0.25, 0.3) is 0 Å². The lowest BCUT2D eigenvalue weighted by atomic mass is 10.1. The summed E-state index contributed by atoms with van der Waals surface area (Å²) in [6, 6.07) is 10.7. The summed E-state index contributed by atoms with van der Waals surface area (Å²) in [5.74, 6) is -4.00. The van der Waals surface area contributed by atoms with Crippen molar-refractivity contribution in [3.05, 3.63) is 71.3 Å². The summed E-state index contributed by atoms with van der Waals surface area (Å²) in [6.07, 6.45) is -0.755. The third-order valence-electron chi connectivity index (χ3n) is 8.37. The first kappa shape index (κ1) is 36.1. The highest BCUT2D eigenvalue weighted by atomic mass is 16.5. The first-order chi connectivity index (χ1) is 24.4. The number of para-hydroxylation sites is 3. The molecule has 0 saturated carbocycles. The normalized spacial score (nSPS) is 19.3. The van der Waals surface area contributed by atoms with Gasteiger partial charge >= 0.3 is 0 Å². The van der Waals surface area contributed by atoms with Crippen LogP contribution in [-0.4, -0.2) is 116 Å². The number of amides is 3. The number of phenolic OH excluding ortho intramolecular Hbond substituents is 6. The molecule has 270 valence electrons. The Kier molecular flexibility index (Phi) is 11.0. The van der Waals surface area contributed by atoms with Crippen molar-refractivity contribution in [3.63, 3.8) is 0 Å². The van der Waals surface area contributed by atoms with E-state index in [4.69, 9.17) is 9.47 Å². The Labute approximate surface area is 292 Å². The molecule has 3 aromatic carbocycles. The van der Waals surface area contributed by atoms with Gasteiger partial charge in [-0.2, -0.15) is 0 Å². The van der Waals surface area contributed by atoms with E-state index in [0.717, 1.165) is 0 Å². The van der Waals surface area contributed by atoms with Crippen LogP contribution in [0.3, 0.4) is 0 Å². The predicted molar refractivity (Wildman–Crippen MR) is 182 cm³/mol. The van der Waals surface area contributed by atoms with Crippen LogP contribution >= 0.6 is 0 Å². The molecule has 2 aliphatic rings. The van der Waals surface area contributed by atoms with E-state index in [2.05, 4.69) is 20.6 Å². The molecular formula is C35H39N5O11. The minimum Gasteiger partial charge on any atom is -0.504 e. The summed E-state index contributed by atoms with van der Waals surface area (Å²) in [7, 11) is 0. The molecule has 3 aromatic rings. The van der Waals surface area contributed by atoms with Gasteiger partial charge < -0.3 is 55.6 Å². The average molecular weight is 706 g/mol. The van der Waals surface area contributed by atoms with Crippen molar-refractivity contribution >= 4 is 29.5 Å². The maximum absolute atomic E-state index is 13.8. The van der Waals surface area contributed by atoms with Gasteiger partial charge in [-0.25, -0.2) is 9.98 Å². The summed E-state index contributed by atoms with van der Waals surface area (Å²) < 4.78 is 11.5. The van der Waals surface area contributed by atoms with Crippen LogP contribution in [0.15, 0.2) is 64.6 Å². The van der Waals surface area contributed by atoms with Gasteiger partial charge in [-0.3, -0.25) is 14.4 Å². The molecule has 4 unspecified atom stereocenters. The maximum Gasteiger partial charge on any atom is 0.255 e. The number of aliphatic imine (C=N–C) groups is 2. The second-order valence-electron chi connectivity index (χ2n) is 12.0. The molecule has 0 fully saturated rings. The Bertz CT molecular complexity index is 1860. The molecule has 51 heavy (non-hydrogen) atoms. The van der Waals surface area contributed by atoms with Crippen LogP contribution in [-0.2, 0) is 19.1 Å². The molecule has 0 bridgehead atoms. The lowest BCUT2D eigenvalue weighted by Crippen LogP contribution is -2.44. The highest BCUT2D eigenvalue weighted by molar-refractivity contribution is 6.02. The van der Waals surface area contributed by atoms with Crippen molar-refractivity contribution in [2.45, 2.75) is 51.0 Å². The van der Waals surface area contributed by atoms with E-state index in [1.807, 2.05) is 0 Å². The number of phenols is 6. The van der Waals surface area contributed by atoms with Gasteiger partial charge in [0, 0.05) is 26.2 Å². The highest BCUT2D eigenvalue weighted by Crippen LogP contribution is 2.33. The van der Waals surface area contributed by atoms with Crippen molar-refractivity contribution in [2.75, 3.05) is 26.2 Å². The van der Waals surface area contributed by atoms with Gasteiger partial charge in [0.05, 0.1) is 16.7 Å². The molecule has 0 aliphatic carbocycles.